The lowest BCUT2D eigenvalue weighted by molar-refractivity contribution is 0.288. The average molecular weight is 487 g/mol. The summed E-state index contributed by atoms with van der Waals surface area (Å²) in [6.07, 6.45) is 7.62. The summed E-state index contributed by atoms with van der Waals surface area (Å²) in [5, 5.41) is 4.33. The number of nitrogens with one attached hydrogen (secondary N) is 1. The summed E-state index contributed by atoms with van der Waals surface area (Å²) in [5.41, 5.74) is 7.02. The van der Waals surface area contributed by atoms with Crippen molar-refractivity contribution in [2.45, 2.75) is 39.2 Å². The molecule has 0 saturated heterocycles. The average Bonchev–Trinajstić information content (AvgIpc) is 3.35. The van der Waals surface area contributed by atoms with Crippen LogP contribution in [0.1, 0.15) is 54.5 Å². The third-order valence-corrected chi connectivity index (χ3v) is 7.03. The van der Waals surface area contributed by atoms with Crippen LogP contribution < -0.4 is 14.8 Å². The molecule has 1 aliphatic carbocycles. The fourth-order valence-corrected chi connectivity index (χ4v) is 5.44. The SMILES string of the molecule is CCOc1cc(C=Nc2ccc([C@@H]3Nc4ccc(C)cc4[C@H]4C=CC[C@H]43)cc2)cc(Cl)c1OCC. The first-order valence-electron chi connectivity index (χ1n) is 12.3. The maximum atomic E-state index is 6.45. The summed E-state index contributed by atoms with van der Waals surface area (Å²) < 4.78 is 11.4. The van der Waals surface area contributed by atoms with Gasteiger partial charge in [0.25, 0.3) is 0 Å². The molecule has 0 radical (unpaired) electrons. The highest BCUT2D eigenvalue weighted by molar-refractivity contribution is 6.32. The number of allylic oxidation sites excluding steroid dienone is 2. The predicted octanol–water partition coefficient (Wildman–Crippen LogP) is 8.02. The highest BCUT2D eigenvalue weighted by Gasteiger charge is 2.37. The largest absolute Gasteiger partial charge is 0.490 e. The number of hydrogen-bond acceptors (Lipinski definition) is 4. The zero-order valence-corrected chi connectivity index (χ0v) is 21.2. The second-order valence-corrected chi connectivity index (χ2v) is 9.52. The Bertz CT molecular complexity index is 1270. The number of benzene rings is 3. The molecule has 0 spiro atoms. The number of aliphatic imine (C=N–C) groups is 1. The number of nitrogens with zero attached hydrogens (tertiary/aromatic N) is 1. The van der Waals surface area contributed by atoms with Crippen molar-refractivity contribution in [1.29, 1.82) is 0 Å². The van der Waals surface area contributed by atoms with Crippen LogP contribution in [0.25, 0.3) is 0 Å². The van der Waals surface area contributed by atoms with E-state index < -0.39 is 0 Å². The molecule has 0 amide bonds. The predicted molar refractivity (Wildman–Crippen MR) is 145 cm³/mol. The Morgan fingerprint density at radius 1 is 1.03 bits per heavy atom. The Morgan fingerprint density at radius 3 is 2.60 bits per heavy atom. The Morgan fingerprint density at radius 2 is 1.83 bits per heavy atom. The van der Waals surface area contributed by atoms with Crippen molar-refractivity contribution in [3.05, 3.63) is 94.0 Å². The summed E-state index contributed by atoms with van der Waals surface area (Å²) in [7, 11) is 0. The molecule has 5 rings (SSSR count). The molecule has 0 unspecified atom stereocenters. The number of halogens is 1. The van der Waals surface area contributed by atoms with E-state index in [-0.39, 0.29) is 6.04 Å². The van der Waals surface area contributed by atoms with Crippen molar-refractivity contribution in [2.24, 2.45) is 10.9 Å². The molecule has 0 saturated carbocycles. The molecule has 180 valence electrons. The quantitative estimate of drug-likeness (QED) is 0.271. The monoisotopic (exact) mass is 486 g/mol. The van der Waals surface area contributed by atoms with E-state index >= 15 is 0 Å². The first kappa shape index (κ1) is 23.5. The van der Waals surface area contributed by atoms with Gasteiger partial charge in [-0.1, -0.05) is 53.6 Å². The summed E-state index contributed by atoms with van der Waals surface area (Å²) in [6.45, 7) is 7.10. The van der Waals surface area contributed by atoms with Crippen LogP contribution in [0.3, 0.4) is 0 Å². The van der Waals surface area contributed by atoms with Gasteiger partial charge in [0.05, 0.1) is 30.0 Å². The van der Waals surface area contributed by atoms with E-state index in [0.29, 0.717) is 41.6 Å². The third-order valence-electron chi connectivity index (χ3n) is 6.75. The molecule has 1 N–H and O–H groups in total. The summed E-state index contributed by atoms with van der Waals surface area (Å²) >= 11 is 6.45. The van der Waals surface area contributed by atoms with Crippen LogP contribution >= 0.6 is 11.6 Å². The van der Waals surface area contributed by atoms with Crippen molar-refractivity contribution >= 4 is 29.2 Å². The molecule has 35 heavy (non-hydrogen) atoms. The number of aryl methyl sites for hydroxylation is 1. The highest BCUT2D eigenvalue weighted by Crippen LogP contribution is 2.50. The Kier molecular flexibility index (Phi) is 6.83. The van der Waals surface area contributed by atoms with Crippen LogP contribution in [-0.4, -0.2) is 19.4 Å². The minimum atomic E-state index is 0.280. The molecule has 0 bridgehead atoms. The molecule has 0 fully saturated rings. The Hall–Kier alpha value is -3.24. The Labute approximate surface area is 212 Å². The number of anilines is 1. The van der Waals surface area contributed by atoms with Crippen LogP contribution in [-0.2, 0) is 0 Å². The van der Waals surface area contributed by atoms with E-state index in [0.717, 1.165) is 17.7 Å². The fraction of sp³-hybridized carbons (Fsp3) is 0.300. The summed E-state index contributed by atoms with van der Waals surface area (Å²) in [5.74, 6) is 2.21. The van der Waals surface area contributed by atoms with Gasteiger partial charge in [-0.05, 0) is 80.1 Å². The minimum Gasteiger partial charge on any atom is -0.490 e. The molecule has 1 heterocycles. The van der Waals surface area contributed by atoms with Crippen molar-refractivity contribution in [2.75, 3.05) is 18.5 Å². The van der Waals surface area contributed by atoms with E-state index in [1.165, 1.54) is 22.4 Å². The van der Waals surface area contributed by atoms with Gasteiger partial charge in [-0.25, -0.2) is 0 Å². The van der Waals surface area contributed by atoms with E-state index in [1.807, 2.05) is 32.2 Å². The molecule has 2 aliphatic rings. The standard InChI is InChI=1S/C30H31ClN2O2/c1-4-34-28-17-20(16-26(31)30(28)35-5-2)18-32-22-12-10-21(11-13-22)29-24-8-6-7-23(24)25-15-19(3)9-14-27(25)33-29/h6-7,9-18,23-24,29,33H,4-5,8H2,1-3H3/t23-,24+,29-/m0/s1. The molecule has 3 aromatic rings. The maximum Gasteiger partial charge on any atom is 0.179 e. The first-order chi connectivity index (χ1) is 17.1. The zero-order chi connectivity index (χ0) is 24.4. The van der Waals surface area contributed by atoms with Crippen LogP contribution in [0.2, 0.25) is 5.02 Å². The normalized spacial score (nSPS) is 20.4. The minimum absolute atomic E-state index is 0.280. The molecule has 5 heteroatoms. The van der Waals surface area contributed by atoms with Gasteiger partial charge < -0.3 is 14.8 Å². The van der Waals surface area contributed by atoms with Gasteiger partial charge >= 0.3 is 0 Å². The zero-order valence-electron chi connectivity index (χ0n) is 20.4. The van der Waals surface area contributed by atoms with Crippen LogP contribution in [0.5, 0.6) is 11.5 Å². The van der Waals surface area contributed by atoms with Gasteiger partial charge in [0, 0.05) is 17.8 Å². The molecular formula is C30H31ClN2O2. The number of hydrogen-bond donors (Lipinski definition) is 1. The summed E-state index contributed by atoms with van der Waals surface area (Å²) in [6, 6.07) is 19.3. The van der Waals surface area contributed by atoms with E-state index in [1.54, 1.807) is 0 Å². The van der Waals surface area contributed by atoms with Gasteiger partial charge in [-0.3, -0.25) is 4.99 Å². The van der Waals surface area contributed by atoms with Crippen LogP contribution in [0, 0.1) is 12.8 Å². The van der Waals surface area contributed by atoms with Crippen molar-refractivity contribution < 1.29 is 9.47 Å². The maximum absolute atomic E-state index is 6.45. The van der Waals surface area contributed by atoms with Gasteiger partial charge in [-0.15, -0.1) is 0 Å². The van der Waals surface area contributed by atoms with Gasteiger partial charge in [-0.2, -0.15) is 0 Å². The lowest BCUT2D eigenvalue weighted by Crippen LogP contribution is -2.29. The van der Waals surface area contributed by atoms with Gasteiger partial charge in [0.1, 0.15) is 0 Å². The van der Waals surface area contributed by atoms with Crippen LogP contribution in [0.15, 0.2) is 71.7 Å². The lowest BCUT2D eigenvalue weighted by atomic mass is 9.76. The van der Waals surface area contributed by atoms with E-state index in [9.17, 15) is 0 Å². The van der Waals surface area contributed by atoms with Crippen molar-refractivity contribution in [1.82, 2.24) is 0 Å². The van der Waals surface area contributed by atoms with E-state index in [2.05, 4.69) is 71.8 Å². The molecule has 3 aromatic carbocycles. The van der Waals surface area contributed by atoms with Gasteiger partial charge in [0.15, 0.2) is 11.5 Å². The number of ether oxygens (including phenoxy) is 2. The smallest absolute Gasteiger partial charge is 0.179 e. The van der Waals surface area contributed by atoms with Crippen LogP contribution in [0.4, 0.5) is 11.4 Å². The molecule has 3 atom stereocenters. The molecular weight excluding hydrogens is 456 g/mol. The molecule has 4 nitrogen and oxygen atoms in total. The second-order valence-electron chi connectivity index (χ2n) is 9.11. The lowest BCUT2D eigenvalue weighted by Gasteiger charge is -2.37. The van der Waals surface area contributed by atoms with Crippen molar-refractivity contribution in [3.8, 4) is 11.5 Å². The number of fused-ring (bicyclic) bond motifs is 3. The Balaban J connectivity index is 1.36. The highest BCUT2D eigenvalue weighted by atomic mass is 35.5. The molecule has 1 aliphatic heterocycles. The topological polar surface area (TPSA) is 42.8 Å². The first-order valence-corrected chi connectivity index (χ1v) is 12.7. The third kappa shape index (κ3) is 4.81. The second kappa shape index (κ2) is 10.2. The molecule has 0 aromatic heterocycles. The number of rotatable bonds is 7. The van der Waals surface area contributed by atoms with E-state index in [4.69, 9.17) is 21.1 Å². The fourth-order valence-electron chi connectivity index (χ4n) is 5.17. The van der Waals surface area contributed by atoms with Crippen molar-refractivity contribution in [3.63, 3.8) is 0 Å². The summed E-state index contributed by atoms with van der Waals surface area (Å²) in [4.78, 5) is 4.68. The van der Waals surface area contributed by atoms with Gasteiger partial charge in [0.2, 0.25) is 0 Å².